The number of benzene rings is 1. The molecule has 3 heteroatoms. The average Bonchev–Trinajstić information content (AvgIpc) is 2.93. The maximum Gasteiger partial charge on any atom is 0.0583 e. The van der Waals surface area contributed by atoms with Gasteiger partial charge in [-0.05, 0) is 42.7 Å². The summed E-state index contributed by atoms with van der Waals surface area (Å²) in [7, 11) is 0. The minimum Gasteiger partial charge on any atom is -0.393 e. The van der Waals surface area contributed by atoms with Crippen molar-refractivity contribution in [2.24, 2.45) is 11.8 Å². The molecule has 1 N–H and O–H groups in total. The predicted octanol–water partition coefficient (Wildman–Crippen LogP) is 2.61. The Hall–Kier alpha value is -0.510. The van der Waals surface area contributed by atoms with Crippen LogP contribution in [0.5, 0.6) is 0 Å². The molecule has 0 spiro atoms. The monoisotopic (exact) mass is 263 g/mol. The van der Waals surface area contributed by atoms with Gasteiger partial charge in [-0.3, -0.25) is 4.90 Å². The Labute approximate surface area is 113 Å². The molecule has 98 valence electrons. The summed E-state index contributed by atoms with van der Waals surface area (Å²) in [6, 6.07) is 8.87. The zero-order valence-electron chi connectivity index (χ0n) is 10.9. The highest BCUT2D eigenvalue weighted by atomic mass is 32.2. The molecule has 0 bridgehead atoms. The fourth-order valence-electron chi connectivity index (χ4n) is 3.45. The summed E-state index contributed by atoms with van der Waals surface area (Å²) < 4.78 is 0. The molecule has 0 aromatic heterocycles. The van der Waals surface area contributed by atoms with E-state index in [-0.39, 0.29) is 6.10 Å². The Morgan fingerprint density at radius 1 is 1.22 bits per heavy atom. The summed E-state index contributed by atoms with van der Waals surface area (Å²) in [5, 5.41) is 9.92. The van der Waals surface area contributed by atoms with Gasteiger partial charge in [0.2, 0.25) is 0 Å². The molecule has 2 nitrogen and oxygen atoms in total. The van der Waals surface area contributed by atoms with E-state index in [0.29, 0.717) is 5.92 Å². The third-order valence-corrected chi connectivity index (χ3v) is 5.20. The van der Waals surface area contributed by atoms with Gasteiger partial charge in [-0.2, -0.15) is 0 Å². The van der Waals surface area contributed by atoms with E-state index in [1.807, 2.05) is 0 Å². The van der Waals surface area contributed by atoms with Gasteiger partial charge >= 0.3 is 0 Å². The molecule has 1 aliphatic heterocycles. The average molecular weight is 263 g/mol. The molecule has 1 saturated carbocycles. The van der Waals surface area contributed by atoms with Gasteiger partial charge in [0.1, 0.15) is 0 Å². The molecule has 2 fully saturated rings. The molecule has 18 heavy (non-hydrogen) atoms. The molecule has 1 heterocycles. The lowest BCUT2D eigenvalue weighted by atomic mass is 10.00. The van der Waals surface area contributed by atoms with Crippen LogP contribution in [-0.2, 0) is 6.54 Å². The SMILES string of the molecule is CSc1ccc(CN2CC3CCC(O)C3C2)cc1. The lowest BCUT2D eigenvalue weighted by Crippen LogP contribution is -2.24. The highest BCUT2D eigenvalue weighted by Crippen LogP contribution is 2.38. The van der Waals surface area contributed by atoms with E-state index in [1.165, 1.54) is 23.4 Å². The number of aliphatic hydroxyl groups excluding tert-OH is 1. The lowest BCUT2D eigenvalue weighted by Gasteiger charge is -2.18. The number of aliphatic hydroxyl groups is 1. The van der Waals surface area contributed by atoms with Crippen molar-refractivity contribution < 1.29 is 5.11 Å². The van der Waals surface area contributed by atoms with Gasteiger partial charge in [-0.15, -0.1) is 11.8 Å². The summed E-state index contributed by atoms with van der Waals surface area (Å²) in [5.41, 5.74) is 1.39. The van der Waals surface area contributed by atoms with E-state index < -0.39 is 0 Å². The summed E-state index contributed by atoms with van der Waals surface area (Å²) in [4.78, 5) is 3.83. The lowest BCUT2D eigenvalue weighted by molar-refractivity contribution is 0.123. The van der Waals surface area contributed by atoms with Crippen LogP contribution in [-0.4, -0.2) is 35.5 Å². The number of hydrogen-bond acceptors (Lipinski definition) is 3. The molecular weight excluding hydrogens is 242 g/mol. The summed E-state index contributed by atoms with van der Waals surface area (Å²) in [6.45, 7) is 3.29. The molecular formula is C15H21NOS. The molecule has 1 aromatic rings. The van der Waals surface area contributed by atoms with E-state index in [9.17, 15) is 5.11 Å². The van der Waals surface area contributed by atoms with Crippen molar-refractivity contribution in [3.63, 3.8) is 0 Å². The van der Waals surface area contributed by atoms with Crippen LogP contribution in [0.4, 0.5) is 0 Å². The molecule has 3 unspecified atom stereocenters. The summed E-state index contributed by atoms with van der Waals surface area (Å²) in [5.74, 6) is 1.28. The molecule has 1 saturated heterocycles. The van der Waals surface area contributed by atoms with E-state index in [2.05, 4.69) is 35.4 Å². The van der Waals surface area contributed by atoms with Crippen LogP contribution in [0, 0.1) is 11.8 Å². The first kappa shape index (κ1) is 12.5. The van der Waals surface area contributed by atoms with E-state index in [4.69, 9.17) is 0 Å². The van der Waals surface area contributed by atoms with Gasteiger partial charge in [0, 0.05) is 30.4 Å². The highest BCUT2D eigenvalue weighted by Gasteiger charge is 2.41. The second-order valence-electron chi connectivity index (χ2n) is 5.61. The highest BCUT2D eigenvalue weighted by molar-refractivity contribution is 7.98. The molecule has 1 aliphatic carbocycles. The maximum absolute atomic E-state index is 9.92. The van der Waals surface area contributed by atoms with Crippen molar-refractivity contribution in [2.45, 2.75) is 30.4 Å². The maximum atomic E-state index is 9.92. The van der Waals surface area contributed by atoms with Crippen molar-refractivity contribution >= 4 is 11.8 Å². The number of rotatable bonds is 3. The molecule has 1 aromatic carbocycles. The second kappa shape index (κ2) is 5.24. The van der Waals surface area contributed by atoms with E-state index in [0.717, 1.165) is 25.4 Å². The standard InChI is InChI=1S/C15H21NOS/c1-18-13-5-2-11(3-6-13)8-16-9-12-4-7-15(17)14(12)10-16/h2-3,5-6,12,14-15,17H,4,7-10H2,1H3. The topological polar surface area (TPSA) is 23.5 Å². The van der Waals surface area contributed by atoms with Crippen molar-refractivity contribution in [1.29, 1.82) is 0 Å². The molecule has 0 amide bonds. The fraction of sp³-hybridized carbons (Fsp3) is 0.600. The predicted molar refractivity (Wildman–Crippen MR) is 75.7 cm³/mol. The molecule has 2 aliphatic rings. The van der Waals surface area contributed by atoms with Crippen LogP contribution in [0.25, 0.3) is 0 Å². The van der Waals surface area contributed by atoms with Crippen molar-refractivity contribution in [3.8, 4) is 0 Å². The first-order valence-electron chi connectivity index (χ1n) is 6.79. The van der Waals surface area contributed by atoms with Gasteiger partial charge in [0.05, 0.1) is 6.10 Å². The van der Waals surface area contributed by atoms with Gasteiger partial charge < -0.3 is 5.11 Å². The molecule has 0 radical (unpaired) electrons. The smallest absolute Gasteiger partial charge is 0.0583 e. The van der Waals surface area contributed by atoms with Crippen molar-refractivity contribution in [1.82, 2.24) is 4.90 Å². The van der Waals surface area contributed by atoms with Crippen LogP contribution in [0.15, 0.2) is 29.2 Å². The zero-order valence-corrected chi connectivity index (χ0v) is 11.7. The quantitative estimate of drug-likeness (QED) is 0.848. The number of hydrogen-bond donors (Lipinski definition) is 1. The van der Waals surface area contributed by atoms with Gasteiger partial charge in [0.25, 0.3) is 0 Å². The minimum absolute atomic E-state index is 0.0427. The fourth-order valence-corrected chi connectivity index (χ4v) is 3.86. The number of fused-ring (bicyclic) bond motifs is 1. The second-order valence-corrected chi connectivity index (χ2v) is 6.49. The van der Waals surface area contributed by atoms with Crippen LogP contribution in [0.2, 0.25) is 0 Å². The van der Waals surface area contributed by atoms with Crippen molar-refractivity contribution in [3.05, 3.63) is 29.8 Å². The number of nitrogens with zero attached hydrogens (tertiary/aromatic N) is 1. The van der Waals surface area contributed by atoms with Gasteiger partial charge in [0.15, 0.2) is 0 Å². The Balaban J connectivity index is 1.60. The summed E-state index contributed by atoms with van der Waals surface area (Å²) in [6.07, 6.45) is 4.30. The van der Waals surface area contributed by atoms with Crippen LogP contribution in [0.3, 0.4) is 0 Å². The summed E-state index contributed by atoms with van der Waals surface area (Å²) >= 11 is 1.79. The van der Waals surface area contributed by atoms with Gasteiger partial charge in [-0.25, -0.2) is 0 Å². The normalized spacial score (nSPS) is 31.8. The van der Waals surface area contributed by atoms with Crippen molar-refractivity contribution in [2.75, 3.05) is 19.3 Å². The number of thioether (sulfide) groups is 1. The minimum atomic E-state index is -0.0427. The van der Waals surface area contributed by atoms with Crippen LogP contribution >= 0.6 is 11.8 Å². The Bertz CT molecular complexity index is 405. The zero-order chi connectivity index (χ0) is 12.5. The van der Waals surface area contributed by atoms with Crippen LogP contribution < -0.4 is 0 Å². The van der Waals surface area contributed by atoms with Gasteiger partial charge in [-0.1, -0.05) is 12.1 Å². The molecule has 3 rings (SSSR count). The Kier molecular flexibility index (Phi) is 3.64. The number of likely N-dealkylation sites (tertiary alicyclic amines) is 1. The van der Waals surface area contributed by atoms with Crippen LogP contribution in [0.1, 0.15) is 18.4 Å². The third kappa shape index (κ3) is 2.44. The Morgan fingerprint density at radius 2 is 2.00 bits per heavy atom. The largest absolute Gasteiger partial charge is 0.393 e. The first-order chi connectivity index (χ1) is 8.76. The third-order valence-electron chi connectivity index (χ3n) is 4.46. The van der Waals surface area contributed by atoms with E-state index >= 15 is 0 Å². The Morgan fingerprint density at radius 3 is 2.67 bits per heavy atom. The first-order valence-corrected chi connectivity index (χ1v) is 8.02. The van der Waals surface area contributed by atoms with E-state index in [1.54, 1.807) is 11.8 Å². The molecule has 3 atom stereocenters.